The predicted octanol–water partition coefficient (Wildman–Crippen LogP) is 8.40. The Morgan fingerprint density at radius 3 is 2.30 bits per heavy atom. The normalized spacial score (nSPS) is 14.7. The second-order valence-corrected chi connectivity index (χ2v) is 10.6. The quantitative estimate of drug-likeness (QED) is 0.233. The molecule has 1 unspecified atom stereocenters. The number of benzene rings is 3. The van der Waals surface area contributed by atoms with Crippen LogP contribution >= 0.6 is 0 Å². The Morgan fingerprint density at radius 2 is 1.42 bits per heavy atom. The zero-order valence-corrected chi connectivity index (χ0v) is 23.3. The third kappa shape index (κ3) is 4.48. The van der Waals surface area contributed by atoms with E-state index in [9.17, 15) is 0 Å². The smallest absolute Gasteiger partial charge is 0.138 e. The van der Waals surface area contributed by atoms with Crippen molar-refractivity contribution in [2.24, 2.45) is 0 Å². The predicted molar refractivity (Wildman–Crippen MR) is 174 cm³/mol. The third-order valence-corrected chi connectivity index (χ3v) is 8.00. The number of hydrogen-bond donors (Lipinski definition) is 1. The molecule has 204 valence electrons. The van der Waals surface area contributed by atoms with E-state index in [2.05, 4.69) is 136 Å². The fraction of sp³-hybridized carbons (Fsp3) is 0.0263. The lowest BCUT2D eigenvalue weighted by Gasteiger charge is -2.25. The van der Waals surface area contributed by atoms with Crippen LogP contribution in [0.3, 0.4) is 0 Å². The molecule has 5 heterocycles. The Kier molecular flexibility index (Phi) is 6.12. The van der Waals surface area contributed by atoms with Gasteiger partial charge in [-0.15, -0.1) is 0 Å². The summed E-state index contributed by atoms with van der Waals surface area (Å²) >= 11 is 0. The average Bonchev–Trinajstić information content (AvgIpc) is 3.43. The summed E-state index contributed by atoms with van der Waals surface area (Å²) in [7, 11) is 0. The molecule has 0 spiro atoms. The number of dihydropyridines is 1. The number of para-hydroxylation sites is 1. The van der Waals surface area contributed by atoms with Crippen molar-refractivity contribution in [1.82, 2.24) is 24.8 Å². The molecular weight excluding hydrogens is 526 g/mol. The van der Waals surface area contributed by atoms with Gasteiger partial charge in [0, 0.05) is 29.4 Å². The number of fused-ring (bicyclic) bond motifs is 3. The highest BCUT2D eigenvalue weighted by Gasteiger charge is 2.22. The van der Waals surface area contributed by atoms with Crippen molar-refractivity contribution in [1.29, 1.82) is 0 Å². The van der Waals surface area contributed by atoms with E-state index in [1.807, 2.05) is 30.7 Å². The van der Waals surface area contributed by atoms with Gasteiger partial charge in [-0.05, 0) is 70.8 Å². The van der Waals surface area contributed by atoms with E-state index in [-0.39, 0.29) is 6.04 Å². The monoisotopic (exact) mass is 553 g/mol. The number of nitrogens with zero attached hydrogens (tertiary/aromatic N) is 4. The SMILES string of the molecule is C1=C(c2cccc(-n3c4ccccc4c4cnccc43)n2)NC(c2ccccn2)C=C1c1ccccc1-c1ccccc1. The van der Waals surface area contributed by atoms with Gasteiger partial charge in [0.05, 0.1) is 34.2 Å². The maximum Gasteiger partial charge on any atom is 0.138 e. The van der Waals surface area contributed by atoms with Gasteiger partial charge in [-0.3, -0.25) is 14.5 Å². The van der Waals surface area contributed by atoms with Crippen LogP contribution in [0.25, 0.3) is 50.0 Å². The third-order valence-electron chi connectivity index (χ3n) is 8.00. The van der Waals surface area contributed by atoms with Crippen molar-refractivity contribution in [3.8, 4) is 16.9 Å². The number of aromatic nitrogens is 4. The van der Waals surface area contributed by atoms with E-state index in [4.69, 9.17) is 9.97 Å². The minimum Gasteiger partial charge on any atom is -0.371 e. The van der Waals surface area contributed by atoms with Gasteiger partial charge in [-0.2, -0.15) is 0 Å². The fourth-order valence-electron chi connectivity index (χ4n) is 6.03. The summed E-state index contributed by atoms with van der Waals surface area (Å²) in [5, 5.41) is 6.00. The van der Waals surface area contributed by atoms with Crippen molar-refractivity contribution < 1.29 is 0 Å². The molecule has 1 aliphatic heterocycles. The van der Waals surface area contributed by atoms with Crippen LogP contribution in [0, 0.1) is 0 Å². The largest absolute Gasteiger partial charge is 0.371 e. The second-order valence-electron chi connectivity index (χ2n) is 10.6. The summed E-state index contributed by atoms with van der Waals surface area (Å²) in [4.78, 5) is 14.3. The first-order valence-corrected chi connectivity index (χ1v) is 14.4. The number of rotatable bonds is 5. The molecule has 0 aliphatic carbocycles. The molecule has 0 radical (unpaired) electrons. The number of pyridine rings is 3. The summed E-state index contributed by atoms with van der Waals surface area (Å²) in [6.45, 7) is 0. The molecule has 1 aliphatic rings. The lowest BCUT2D eigenvalue weighted by molar-refractivity contribution is 0.736. The Bertz CT molecular complexity index is 2110. The molecule has 0 saturated heterocycles. The Labute approximate surface area is 249 Å². The van der Waals surface area contributed by atoms with Crippen molar-refractivity contribution >= 4 is 33.1 Å². The van der Waals surface area contributed by atoms with Gasteiger partial charge < -0.3 is 5.32 Å². The second kappa shape index (κ2) is 10.5. The molecule has 7 aromatic rings. The lowest BCUT2D eigenvalue weighted by Crippen LogP contribution is -2.23. The van der Waals surface area contributed by atoms with Crippen LogP contribution in [-0.4, -0.2) is 19.5 Å². The van der Waals surface area contributed by atoms with Crippen molar-refractivity contribution in [3.05, 3.63) is 169 Å². The van der Waals surface area contributed by atoms with Gasteiger partial charge in [-0.1, -0.05) is 84.9 Å². The number of hydrogen-bond acceptors (Lipinski definition) is 4. The van der Waals surface area contributed by atoms with E-state index in [0.717, 1.165) is 50.3 Å². The Balaban J connectivity index is 1.29. The number of allylic oxidation sites excluding steroid dienone is 2. The molecule has 0 bridgehead atoms. The molecule has 0 fully saturated rings. The molecule has 5 heteroatoms. The first-order chi connectivity index (χ1) is 21.3. The summed E-state index contributed by atoms with van der Waals surface area (Å²) < 4.78 is 2.22. The van der Waals surface area contributed by atoms with Gasteiger partial charge in [-0.25, -0.2) is 4.98 Å². The highest BCUT2D eigenvalue weighted by molar-refractivity contribution is 6.08. The molecule has 43 heavy (non-hydrogen) atoms. The highest BCUT2D eigenvalue weighted by atomic mass is 15.1. The van der Waals surface area contributed by atoms with E-state index in [0.29, 0.717) is 0 Å². The minimum absolute atomic E-state index is 0.121. The minimum atomic E-state index is -0.121. The summed E-state index contributed by atoms with van der Waals surface area (Å²) in [5.41, 5.74) is 9.60. The molecule has 3 aromatic carbocycles. The van der Waals surface area contributed by atoms with Crippen LogP contribution in [0.4, 0.5) is 0 Å². The fourth-order valence-corrected chi connectivity index (χ4v) is 6.03. The number of nitrogens with one attached hydrogen (secondary N) is 1. The van der Waals surface area contributed by atoms with Crippen LogP contribution in [0.1, 0.15) is 23.0 Å². The van der Waals surface area contributed by atoms with E-state index in [1.54, 1.807) is 0 Å². The molecule has 1 N–H and O–H groups in total. The molecule has 5 nitrogen and oxygen atoms in total. The van der Waals surface area contributed by atoms with Crippen LogP contribution < -0.4 is 5.32 Å². The Hall–Kier alpha value is -5.81. The van der Waals surface area contributed by atoms with Crippen LogP contribution in [0.15, 0.2) is 152 Å². The zero-order chi connectivity index (χ0) is 28.6. The summed E-state index contributed by atoms with van der Waals surface area (Å²) in [5.74, 6) is 0.854. The topological polar surface area (TPSA) is 55.6 Å². The maximum absolute atomic E-state index is 5.24. The first-order valence-electron chi connectivity index (χ1n) is 14.4. The van der Waals surface area contributed by atoms with Gasteiger partial charge in [0.15, 0.2) is 0 Å². The molecule has 8 rings (SSSR count). The molecular formula is C38H27N5. The van der Waals surface area contributed by atoms with Crippen LogP contribution in [0.2, 0.25) is 0 Å². The highest BCUT2D eigenvalue weighted by Crippen LogP contribution is 2.36. The van der Waals surface area contributed by atoms with Gasteiger partial charge in [0.25, 0.3) is 0 Å². The maximum atomic E-state index is 5.24. The van der Waals surface area contributed by atoms with Gasteiger partial charge in [0.1, 0.15) is 5.82 Å². The summed E-state index contributed by atoms with van der Waals surface area (Å²) in [6.07, 6.45) is 10.1. The first kappa shape index (κ1) is 24.9. The van der Waals surface area contributed by atoms with Gasteiger partial charge in [0.2, 0.25) is 0 Å². The molecule has 0 saturated carbocycles. The van der Waals surface area contributed by atoms with Crippen LogP contribution in [0.5, 0.6) is 0 Å². The van der Waals surface area contributed by atoms with Crippen LogP contribution in [-0.2, 0) is 0 Å². The van der Waals surface area contributed by atoms with E-state index in [1.165, 1.54) is 16.7 Å². The summed E-state index contributed by atoms with van der Waals surface area (Å²) in [6, 6.07) is 41.7. The zero-order valence-electron chi connectivity index (χ0n) is 23.3. The lowest BCUT2D eigenvalue weighted by atomic mass is 9.90. The van der Waals surface area contributed by atoms with Crippen molar-refractivity contribution in [2.75, 3.05) is 0 Å². The standard InChI is InChI=1S/C38H27N5/c1-2-11-26(12-3-1)28-13-4-5-14-29(28)27-23-34(32-16-8-9-21-40-32)41-35(24-27)33-17-10-19-38(42-33)43-36-18-7-6-15-30(36)31-25-39-22-20-37(31)43/h1-25,34,41H. The molecule has 4 aromatic heterocycles. The molecule has 0 amide bonds. The Morgan fingerprint density at radius 1 is 0.628 bits per heavy atom. The average molecular weight is 554 g/mol. The van der Waals surface area contributed by atoms with Crippen molar-refractivity contribution in [2.45, 2.75) is 6.04 Å². The van der Waals surface area contributed by atoms with Crippen molar-refractivity contribution in [3.63, 3.8) is 0 Å². The van der Waals surface area contributed by atoms with Gasteiger partial charge >= 0.3 is 0 Å². The van der Waals surface area contributed by atoms with E-state index < -0.39 is 0 Å². The molecule has 1 atom stereocenters. The van der Waals surface area contributed by atoms with E-state index >= 15 is 0 Å².